The molecule has 0 unspecified atom stereocenters. The Hall–Kier alpha value is -1.11. The molecule has 1 aliphatic heterocycles. The fourth-order valence-corrected chi connectivity index (χ4v) is 4.56. The topological polar surface area (TPSA) is 66.5 Å². The highest BCUT2D eigenvalue weighted by Gasteiger charge is 2.31. The first-order valence-electron chi connectivity index (χ1n) is 7.93. The number of piperidine rings is 1. The summed E-state index contributed by atoms with van der Waals surface area (Å²) in [7, 11) is -3.24. The third-order valence-electron chi connectivity index (χ3n) is 4.02. The van der Waals surface area contributed by atoms with Gasteiger partial charge in [-0.25, -0.2) is 12.7 Å². The van der Waals surface area contributed by atoms with Gasteiger partial charge < -0.3 is 5.32 Å². The zero-order valence-electron chi connectivity index (χ0n) is 13.3. The van der Waals surface area contributed by atoms with Gasteiger partial charge in [-0.3, -0.25) is 4.79 Å². The normalized spacial score (nSPS) is 19.5. The molecule has 1 N–H and O–H groups in total. The third kappa shape index (κ3) is 4.93. The number of carbonyl (C=O) groups is 1. The number of halogens is 1. The number of hydrogen-bond donors (Lipinski definition) is 1. The number of nitrogens with one attached hydrogen (secondary N) is 1. The van der Waals surface area contributed by atoms with Crippen molar-refractivity contribution in [3.63, 3.8) is 0 Å². The molecule has 7 heteroatoms. The van der Waals surface area contributed by atoms with E-state index in [0.29, 0.717) is 37.4 Å². The predicted molar refractivity (Wildman–Crippen MR) is 91.7 cm³/mol. The first-order valence-corrected chi connectivity index (χ1v) is 9.91. The van der Waals surface area contributed by atoms with Gasteiger partial charge in [-0.05, 0) is 30.9 Å². The minimum atomic E-state index is -3.24. The van der Waals surface area contributed by atoms with Crippen LogP contribution in [0.5, 0.6) is 0 Å². The van der Waals surface area contributed by atoms with Gasteiger partial charge in [0, 0.05) is 24.7 Å². The Morgan fingerprint density at radius 3 is 2.83 bits per heavy atom. The number of amides is 1. The molecule has 1 fully saturated rings. The summed E-state index contributed by atoms with van der Waals surface area (Å²) in [5.41, 5.74) is 0.855. The molecule has 0 saturated carbocycles. The third-order valence-corrected chi connectivity index (χ3v) is 6.43. The fraction of sp³-hybridized carbons (Fsp3) is 0.562. The van der Waals surface area contributed by atoms with E-state index in [1.54, 1.807) is 6.07 Å². The van der Waals surface area contributed by atoms with Gasteiger partial charge in [0.15, 0.2) is 0 Å². The molecule has 23 heavy (non-hydrogen) atoms. The van der Waals surface area contributed by atoms with Gasteiger partial charge in [-0.1, -0.05) is 36.7 Å². The van der Waals surface area contributed by atoms with Crippen LogP contribution in [0.4, 0.5) is 0 Å². The number of nitrogens with zero attached hydrogens (tertiary/aromatic N) is 1. The highest BCUT2D eigenvalue weighted by Crippen LogP contribution is 2.21. The lowest BCUT2D eigenvalue weighted by Crippen LogP contribution is -2.45. The van der Waals surface area contributed by atoms with E-state index in [2.05, 4.69) is 5.32 Å². The summed E-state index contributed by atoms with van der Waals surface area (Å²) < 4.78 is 25.8. The zero-order valence-corrected chi connectivity index (χ0v) is 14.9. The van der Waals surface area contributed by atoms with Crippen molar-refractivity contribution in [3.05, 3.63) is 34.9 Å². The van der Waals surface area contributed by atoms with Crippen molar-refractivity contribution in [2.75, 3.05) is 18.8 Å². The average molecular weight is 359 g/mol. The van der Waals surface area contributed by atoms with Gasteiger partial charge >= 0.3 is 0 Å². The van der Waals surface area contributed by atoms with Crippen LogP contribution in [0.25, 0.3) is 0 Å². The van der Waals surface area contributed by atoms with E-state index in [-0.39, 0.29) is 24.1 Å². The second-order valence-electron chi connectivity index (χ2n) is 5.82. The van der Waals surface area contributed by atoms with Crippen LogP contribution in [-0.2, 0) is 21.4 Å². The number of hydrogen-bond acceptors (Lipinski definition) is 3. The van der Waals surface area contributed by atoms with Crippen LogP contribution >= 0.6 is 11.6 Å². The molecule has 1 saturated heterocycles. The second-order valence-corrected chi connectivity index (χ2v) is 8.32. The van der Waals surface area contributed by atoms with Crippen LogP contribution in [0.1, 0.15) is 31.7 Å². The van der Waals surface area contributed by atoms with E-state index >= 15 is 0 Å². The maximum Gasteiger partial charge on any atom is 0.224 e. The summed E-state index contributed by atoms with van der Waals surface area (Å²) in [5.74, 6) is -0.264. The molecule has 1 amide bonds. The van der Waals surface area contributed by atoms with Gasteiger partial charge in [-0.15, -0.1) is 0 Å². The molecule has 1 aromatic rings. The van der Waals surface area contributed by atoms with Crippen LogP contribution in [0, 0.1) is 5.92 Å². The van der Waals surface area contributed by atoms with Crippen molar-refractivity contribution in [2.24, 2.45) is 5.92 Å². The number of benzene rings is 1. The first kappa shape index (κ1) is 18.2. The van der Waals surface area contributed by atoms with E-state index in [0.717, 1.165) is 5.56 Å². The molecule has 128 valence electrons. The van der Waals surface area contributed by atoms with E-state index in [1.165, 1.54) is 4.31 Å². The maximum absolute atomic E-state index is 12.3. The Kier molecular flexibility index (Phi) is 6.44. The average Bonchev–Trinajstić information content (AvgIpc) is 2.54. The zero-order chi connectivity index (χ0) is 16.9. The van der Waals surface area contributed by atoms with Crippen molar-refractivity contribution in [1.82, 2.24) is 9.62 Å². The van der Waals surface area contributed by atoms with Crippen LogP contribution in [0.15, 0.2) is 24.3 Å². The largest absolute Gasteiger partial charge is 0.352 e. The Balaban J connectivity index is 1.93. The van der Waals surface area contributed by atoms with Gasteiger partial charge in [0.2, 0.25) is 15.9 Å². The Morgan fingerprint density at radius 2 is 2.13 bits per heavy atom. The summed E-state index contributed by atoms with van der Waals surface area (Å²) in [4.78, 5) is 12.3. The van der Waals surface area contributed by atoms with Gasteiger partial charge in [0.25, 0.3) is 0 Å². The number of carbonyl (C=O) groups excluding carboxylic acids is 1. The Morgan fingerprint density at radius 1 is 1.39 bits per heavy atom. The van der Waals surface area contributed by atoms with E-state index in [4.69, 9.17) is 11.6 Å². The summed E-state index contributed by atoms with van der Waals surface area (Å²) >= 11 is 6.07. The van der Waals surface area contributed by atoms with Crippen molar-refractivity contribution >= 4 is 27.5 Å². The minimum Gasteiger partial charge on any atom is -0.352 e. The predicted octanol–water partition coefficient (Wildman–Crippen LogP) is 2.41. The van der Waals surface area contributed by atoms with Crippen molar-refractivity contribution < 1.29 is 13.2 Å². The van der Waals surface area contributed by atoms with Crippen molar-refractivity contribution in [2.45, 2.75) is 32.7 Å². The first-order chi connectivity index (χ1) is 10.9. The molecular weight excluding hydrogens is 336 g/mol. The van der Waals surface area contributed by atoms with Gasteiger partial charge in [0.1, 0.15) is 0 Å². The molecule has 5 nitrogen and oxygen atoms in total. The van der Waals surface area contributed by atoms with E-state index < -0.39 is 10.0 Å². The van der Waals surface area contributed by atoms with Crippen LogP contribution in [-0.4, -0.2) is 37.5 Å². The second kappa shape index (κ2) is 8.13. The molecule has 0 aromatic heterocycles. The lowest BCUT2D eigenvalue weighted by atomic mass is 9.99. The van der Waals surface area contributed by atoms with Crippen molar-refractivity contribution in [1.29, 1.82) is 0 Å². The lowest BCUT2D eigenvalue weighted by Gasteiger charge is -2.31. The summed E-state index contributed by atoms with van der Waals surface area (Å²) in [6.45, 7) is 2.99. The van der Waals surface area contributed by atoms with Gasteiger partial charge in [0.05, 0.1) is 11.7 Å². The molecular formula is C16H23ClN2O3S. The molecule has 0 radical (unpaired) electrons. The highest BCUT2D eigenvalue weighted by atomic mass is 35.5. The quantitative estimate of drug-likeness (QED) is 0.849. The summed E-state index contributed by atoms with van der Waals surface area (Å²) in [5, 5.41) is 3.48. The molecule has 0 aliphatic carbocycles. The molecule has 1 aliphatic rings. The van der Waals surface area contributed by atoms with Crippen LogP contribution in [0.3, 0.4) is 0 Å². The standard InChI is InChI=1S/C16H23ClN2O3S/c1-2-10-23(21,22)19-9-5-7-14(12-19)16(20)18-11-13-6-3-4-8-15(13)17/h3-4,6,8,14H,2,5,7,9-12H2,1H3,(H,18,20)/t14-/m1/s1. The number of sulfonamides is 1. The molecule has 1 aromatic carbocycles. The van der Waals surface area contributed by atoms with E-state index in [9.17, 15) is 13.2 Å². The number of rotatable bonds is 6. The molecule has 2 rings (SSSR count). The van der Waals surface area contributed by atoms with Crippen molar-refractivity contribution in [3.8, 4) is 0 Å². The monoisotopic (exact) mass is 358 g/mol. The minimum absolute atomic E-state index is 0.110. The Labute approximate surface area is 143 Å². The smallest absolute Gasteiger partial charge is 0.224 e. The molecule has 0 bridgehead atoms. The molecule has 0 spiro atoms. The molecule has 1 heterocycles. The Bertz CT molecular complexity index is 648. The maximum atomic E-state index is 12.3. The molecule has 1 atom stereocenters. The van der Waals surface area contributed by atoms with Gasteiger partial charge in [-0.2, -0.15) is 0 Å². The highest BCUT2D eigenvalue weighted by molar-refractivity contribution is 7.89. The SMILES string of the molecule is CCCS(=O)(=O)N1CCC[C@@H](C(=O)NCc2ccccc2Cl)C1. The van der Waals surface area contributed by atoms with Crippen LogP contribution in [0.2, 0.25) is 5.02 Å². The summed E-state index contributed by atoms with van der Waals surface area (Å²) in [6, 6.07) is 7.35. The van der Waals surface area contributed by atoms with E-state index in [1.807, 2.05) is 25.1 Å². The summed E-state index contributed by atoms with van der Waals surface area (Å²) in [6.07, 6.45) is 2.02. The van der Waals surface area contributed by atoms with Crippen LogP contribution < -0.4 is 5.32 Å². The lowest BCUT2D eigenvalue weighted by molar-refractivity contribution is -0.126. The fourth-order valence-electron chi connectivity index (χ4n) is 2.76.